The Morgan fingerprint density at radius 3 is 2.66 bits per heavy atom. The molecule has 1 saturated heterocycles. The van der Waals surface area contributed by atoms with E-state index in [0.29, 0.717) is 37.6 Å². The Balaban J connectivity index is 1.81. The second kappa shape index (κ2) is 9.27. The lowest BCUT2D eigenvalue weighted by Gasteiger charge is -2.13. The van der Waals surface area contributed by atoms with Crippen LogP contribution in [0.25, 0.3) is 6.08 Å². The normalized spacial score (nSPS) is 15.0. The van der Waals surface area contributed by atoms with Crippen molar-refractivity contribution in [2.75, 3.05) is 13.7 Å². The third-order valence-electron chi connectivity index (χ3n) is 4.01. The lowest BCUT2D eigenvalue weighted by Crippen LogP contribution is -2.27. The molecule has 0 atom stereocenters. The van der Waals surface area contributed by atoms with Gasteiger partial charge in [-0.1, -0.05) is 41.3 Å². The number of terminal acetylenes is 1. The van der Waals surface area contributed by atoms with E-state index in [9.17, 15) is 9.59 Å². The van der Waals surface area contributed by atoms with E-state index in [-0.39, 0.29) is 18.4 Å². The molecule has 0 saturated carbocycles. The predicted octanol–water partition coefficient (Wildman–Crippen LogP) is 5.25. The van der Waals surface area contributed by atoms with E-state index in [1.807, 2.05) is 0 Å². The van der Waals surface area contributed by atoms with Crippen LogP contribution in [0, 0.1) is 12.3 Å². The molecule has 1 aliphatic heterocycles. The van der Waals surface area contributed by atoms with Gasteiger partial charge >= 0.3 is 0 Å². The summed E-state index contributed by atoms with van der Waals surface area (Å²) >= 11 is 12.9. The minimum absolute atomic E-state index is 0.0696. The standard InChI is InChI=1S/C21H15Cl2NO4S/c1-3-8-28-17-7-4-13(9-18(17)27-2)10-19-20(25)24(21(26)29-19)12-14-5-6-15(22)11-16(14)23/h1,4-7,9-11H,8,12H2,2H3/b19-10-. The van der Waals surface area contributed by atoms with Crippen molar-refractivity contribution in [2.24, 2.45) is 0 Å². The molecule has 0 radical (unpaired) electrons. The summed E-state index contributed by atoms with van der Waals surface area (Å²) in [5.74, 6) is 2.96. The maximum absolute atomic E-state index is 12.7. The van der Waals surface area contributed by atoms with E-state index in [2.05, 4.69) is 5.92 Å². The van der Waals surface area contributed by atoms with Crippen molar-refractivity contribution in [2.45, 2.75) is 6.54 Å². The van der Waals surface area contributed by atoms with Crippen LogP contribution < -0.4 is 9.47 Å². The summed E-state index contributed by atoms with van der Waals surface area (Å²) in [6.45, 7) is 0.183. The first-order valence-electron chi connectivity index (χ1n) is 8.36. The van der Waals surface area contributed by atoms with Gasteiger partial charge in [-0.15, -0.1) is 6.42 Å². The Morgan fingerprint density at radius 1 is 1.17 bits per heavy atom. The van der Waals surface area contributed by atoms with Crippen molar-refractivity contribution in [1.82, 2.24) is 4.90 Å². The van der Waals surface area contributed by atoms with Crippen LogP contribution in [-0.2, 0) is 11.3 Å². The number of imide groups is 1. The largest absolute Gasteiger partial charge is 0.493 e. The molecule has 0 unspecified atom stereocenters. The zero-order valence-electron chi connectivity index (χ0n) is 15.3. The van der Waals surface area contributed by atoms with E-state index in [0.717, 1.165) is 16.7 Å². The van der Waals surface area contributed by atoms with Gasteiger partial charge in [0.2, 0.25) is 0 Å². The summed E-state index contributed by atoms with van der Waals surface area (Å²) in [6.07, 6.45) is 6.83. The second-order valence-corrected chi connectivity index (χ2v) is 7.74. The van der Waals surface area contributed by atoms with Crippen molar-refractivity contribution in [3.8, 4) is 23.8 Å². The quantitative estimate of drug-likeness (QED) is 0.446. The lowest BCUT2D eigenvalue weighted by atomic mass is 10.1. The van der Waals surface area contributed by atoms with Gasteiger partial charge in [-0.2, -0.15) is 0 Å². The molecule has 0 aliphatic carbocycles. The SMILES string of the molecule is C#CCOc1ccc(/C=C2\SC(=O)N(Cc3ccc(Cl)cc3Cl)C2=O)cc1OC. The van der Waals surface area contributed by atoms with E-state index in [1.54, 1.807) is 42.5 Å². The number of benzene rings is 2. The topological polar surface area (TPSA) is 55.8 Å². The number of ether oxygens (including phenoxy) is 2. The molecule has 0 aromatic heterocycles. The van der Waals surface area contributed by atoms with E-state index >= 15 is 0 Å². The predicted molar refractivity (Wildman–Crippen MR) is 115 cm³/mol. The van der Waals surface area contributed by atoms with E-state index in [4.69, 9.17) is 39.1 Å². The molecule has 2 aromatic carbocycles. The highest BCUT2D eigenvalue weighted by Gasteiger charge is 2.35. The summed E-state index contributed by atoms with van der Waals surface area (Å²) in [5, 5.41) is 0.512. The summed E-state index contributed by atoms with van der Waals surface area (Å²) in [7, 11) is 1.51. The number of hydrogen-bond donors (Lipinski definition) is 0. The molecule has 3 rings (SSSR count). The van der Waals surface area contributed by atoms with Gasteiger partial charge in [-0.3, -0.25) is 14.5 Å². The zero-order valence-corrected chi connectivity index (χ0v) is 17.6. The Morgan fingerprint density at radius 2 is 1.97 bits per heavy atom. The molecule has 1 aliphatic rings. The fourth-order valence-electron chi connectivity index (χ4n) is 2.62. The first-order valence-corrected chi connectivity index (χ1v) is 9.93. The number of carbonyl (C=O) groups is 2. The molecule has 148 valence electrons. The Hall–Kier alpha value is -2.59. The van der Waals surface area contributed by atoms with E-state index in [1.165, 1.54) is 7.11 Å². The molecule has 1 heterocycles. The Bertz CT molecular complexity index is 1050. The van der Waals surface area contributed by atoms with Crippen molar-refractivity contribution < 1.29 is 19.1 Å². The highest BCUT2D eigenvalue weighted by molar-refractivity contribution is 8.18. The first kappa shape index (κ1) is 21.1. The molecule has 2 aromatic rings. The zero-order chi connectivity index (χ0) is 21.0. The van der Waals surface area contributed by atoms with Gasteiger partial charge < -0.3 is 9.47 Å². The summed E-state index contributed by atoms with van der Waals surface area (Å²) < 4.78 is 10.7. The van der Waals surface area contributed by atoms with Crippen LogP contribution >= 0.6 is 35.0 Å². The van der Waals surface area contributed by atoms with Crippen LogP contribution in [0.4, 0.5) is 4.79 Å². The number of nitrogens with zero attached hydrogens (tertiary/aromatic N) is 1. The Kier molecular flexibility index (Phi) is 6.75. The van der Waals surface area contributed by atoms with Crippen molar-refractivity contribution in [3.05, 3.63) is 62.5 Å². The molecule has 0 spiro atoms. The molecule has 8 heteroatoms. The van der Waals surface area contributed by atoms with Gasteiger partial charge in [0.25, 0.3) is 11.1 Å². The monoisotopic (exact) mass is 447 g/mol. The van der Waals surface area contributed by atoms with Crippen molar-refractivity contribution >= 4 is 52.2 Å². The molecule has 1 fully saturated rings. The molecule has 0 bridgehead atoms. The fourth-order valence-corrected chi connectivity index (χ4v) is 3.93. The molecule has 5 nitrogen and oxygen atoms in total. The van der Waals surface area contributed by atoms with Gasteiger partial charge in [-0.25, -0.2) is 0 Å². The van der Waals surface area contributed by atoms with Gasteiger partial charge in [0.05, 0.1) is 18.6 Å². The number of thioether (sulfide) groups is 1. The van der Waals surface area contributed by atoms with E-state index < -0.39 is 5.91 Å². The summed E-state index contributed by atoms with van der Waals surface area (Å²) in [6, 6.07) is 10.1. The van der Waals surface area contributed by atoms with Crippen LogP contribution in [0.5, 0.6) is 11.5 Å². The second-order valence-electron chi connectivity index (χ2n) is 5.91. The van der Waals surface area contributed by atoms with Crippen LogP contribution in [0.3, 0.4) is 0 Å². The average Bonchev–Trinajstić information content (AvgIpc) is 2.96. The number of halogens is 2. The average molecular weight is 448 g/mol. The smallest absolute Gasteiger partial charge is 0.293 e. The van der Waals surface area contributed by atoms with Crippen molar-refractivity contribution in [3.63, 3.8) is 0 Å². The maximum Gasteiger partial charge on any atom is 0.293 e. The van der Waals surface area contributed by atoms with Gasteiger partial charge in [-0.05, 0) is 53.2 Å². The van der Waals surface area contributed by atoms with Crippen LogP contribution in [-0.4, -0.2) is 29.8 Å². The number of carbonyl (C=O) groups excluding carboxylic acids is 2. The summed E-state index contributed by atoms with van der Waals surface area (Å²) in [5.41, 5.74) is 1.32. The minimum atomic E-state index is -0.391. The van der Waals surface area contributed by atoms with Crippen LogP contribution in [0.2, 0.25) is 10.0 Å². The third kappa shape index (κ3) is 4.88. The first-order chi connectivity index (χ1) is 13.9. The molecule has 2 amide bonds. The summed E-state index contributed by atoms with van der Waals surface area (Å²) in [4.78, 5) is 26.5. The third-order valence-corrected chi connectivity index (χ3v) is 5.51. The number of methoxy groups -OCH3 is 1. The van der Waals surface area contributed by atoms with Crippen molar-refractivity contribution in [1.29, 1.82) is 0 Å². The number of hydrogen-bond acceptors (Lipinski definition) is 5. The molecular formula is C21H15Cl2NO4S. The van der Waals surface area contributed by atoms with Gasteiger partial charge in [0, 0.05) is 10.0 Å². The minimum Gasteiger partial charge on any atom is -0.493 e. The van der Waals surface area contributed by atoms with Gasteiger partial charge in [0.1, 0.15) is 6.61 Å². The molecule has 0 N–H and O–H groups in total. The Labute approximate surface area is 182 Å². The highest BCUT2D eigenvalue weighted by atomic mass is 35.5. The fraction of sp³-hybridized carbons (Fsp3) is 0.143. The van der Waals surface area contributed by atoms with Gasteiger partial charge in [0.15, 0.2) is 11.5 Å². The molecule has 29 heavy (non-hydrogen) atoms. The highest BCUT2D eigenvalue weighted by Crippen LogP contribution is 2.36. The molecular weight excluding hydrogens is 433 g/mol. The maximum atomic E-state index is 12.7. The van der Waals surface area contributed by atoms with Crippen LogP contribution in [0.1, 0.15) is 11.1 Å². The number of amides is 2. The van der Waals surface area contributed by atoms with Crippen LogP contribution in [0.15, 0.2) is 41.3 Å². The lowest BCUT2D eigenvalue weighted by molar-refractivity contribution is -0.123. The number of rotatable bonds is 6.